The third-order valence-electron chi connectivity index (χ3n) is 3.63. The third kappa shape index (κ3) is 3.86. The Balaban J connectivity index is 0.00000176. The largest absolute Gasteiger partial charge is 0.350 e. The molecule has 0 saturated carbocycles. The molecule has 22 heavy (non-hydrogen) atoms. The van der Waals surface area contributed by atoms with Crippen LogP contribution >= 0.6 is 28.7 Å². The van der Waals surface area contributed by atoms with Crippen LogP contribution in [0.15, 0.2) is 34.5 Å². The van der Waals surface area contributed by atoms with Gasteiger partial charge in [-0.25, -0.2) is 0 Å². The number of halogens is 1. The third-order valence-corrected chi connectivity index (χ3v) is 4.65. The Bertz CT molecular complexity index is 597. The molecule has 0 spiro atoms. The molecule has 0 unspecified atom stereocenters. The van der Waals surface area contributed by atoms with Crippen molar-refractivity contribution in [2.75, 3.05) is 18.8 Å². The van der Waals surface area contributed by atoms with E-state index in [1.807, 2.05) is 0 Å². The Morgan fingerprint density at radius 3 is 2.32 bits per heavy atom. The Morgan fingerprint density at radius 2 is 1.77 bits per heavy atom. The lowest BCUT2D eigenvalue weighted by Crippen LogP contribution is -2.35. The van der Waals surface area contributed by atoms with Crippen LogP contribution in [0.5, 0.6) is 0 Å². The van der Waals surface area contributed by atoms with Gasteiger partial charge in [-0.05, 0) is 37.0 Å². The van der Waals surface area contributed by atoms with Gasteiger partial charge in [0, 0.05) is 31.0 Å². The lowest BCUT2D eigenvalue weighted by atomic mass is 10.1. The number of nitrogens with zero attached hydrogens (tertiary/aromatic N) is 4. The quantitative estimate of drug-likeness (QED) is 0.577. The highest BCUT2D eigenvalue weighted by molar-refractivity contribution is 8.93. The summed E-state index contributed by atoms with van der Waals surface area (Å²) in [5.74, 6) is 0.757. The molecule has 2 aliphatic rings. The van der Waals surface area contributed by atoms with E-state index in [-0.39, 0.29) is 22.7 Å². The molecule has 6 nitrogen and oxygen atoms in total. The minimum absolute atomic E-state index is 0. The van der Waals surface area contributed by atoms with Crippen molar-refractivity contribution < 1.29 is 4.92 Å². The Labute approximate surface area is 143 Å². The van der Waals surface area contributed by atoms with Gasteiger partial charge in [0.1, 0.15) is 0 Å². The van der Waals surface area contributed by atoms with Crippen LogP contribution in [0.25, 0.3) is 0 Å². The monoisotopic (exact) mass is 384 g/mol. The van der Waals surface area contributed by atoms with Crippen molar-refractivity contribution in [1.82, 2.24) is 4.90 Å². The second-order valence-electron chi connectivity index (χ2n) is 5.07. The SMILES string of the molecule is Br.O=[N+]([O-])c1ccc(C2=NN=C(N3CCCCC3)SC2)cc1. The molecule has 2 heterocycles. The van der Waals surface area contributed by atoms with Gasteiger partial charge in [-0.2, -0.15) is 5.10 Å². The first-order valence-corrected chi connectivity index (χ1v) is 8.00. The Morgan fingerprint density at radius 1 is 1.09 bits per heavy atom. The summed E-state index contributed by atoms with van der Waals surface area (Å²) in [4.78, 5) is 12.6. The summed E-state index contributed by atoms with van der Waals surface area (Å²) in [7, 11) is 0. The van der Waals surface area contributed by atoms with E-state index in [0.717, 1.165) is 35.3 Å². The Hall–Kier alpha value is -1.41. The van der Waals surface area contributed by atoms with Crippen LogP contribution in [-0.2, 0) is 0 Å². The standard InChI is InChI=1S/C14H16N4O2S.BrH/c19-18(20)12-6-4-11(5-7-12)13-10-21-14(16-15-13)17-8-2-1-3-9-17;/h4-7H,1-3,8-10H2;1H. The van der Waals surface area contributed by atoms with Gasteiger partial charge in [0.2, 0.25) is 0 Å². The first kappa shape index (κ1) is 17.0. The number of nitro benzene ring substituents is 1. The van der Waals surface area contributed by atoms with Crippen LogP contribution in [-0.4, -0.2) is 39.5 Å². The average Bonchev–Trinajstić information content (AvgIpc) is 2.56. The van der Waals surface area contributed by atoms with Gasteiger partial charge in [-0.1, -0.05) is 11.8 Å². The number of thioether (sulfide) groups is 1. The van der Waals surface area contributed by atoms with E-state index in [9.17, 15) is 10.1 Å². The number of hydrogen-bond acceptors (Lipinski definition) is 6. The summed E-state index contributed by atoms with van der Waals surface area (Å²) in [5.41, 5.74) is 1.87. The maximum Gasteiger partial charge on any atom is 0.269 e. The zero-order chi connectivity index (χ0) is 14.7. The van der Waals surface area contributed by atoms with Crippen LogP contribution in [0.2, 0.25) is 0 Å². The number of amidine groups is 1. The molecular formula is C14H17BrN4O2S. The summed E-state index contributed by atoms with van der Waals surface area (Å²) in [6.07, 6.45) is 3.74. The fourth-order valence-electron chi connectivity index (χ4n) is 2.45. The molecule has 118 valence electrons. The average molecular weight is 385 g/mol. The van der Waals surface area contributed by atoms with Crippen molar-refractivity contribution in [2.45, 2.75) is 19.3 Å². The molecule has 0 bridgehead atoms. The van der Waals surface area contributed by atoms with E-state index < -0.39 is 4.92 Å². The summed E-state index contributed by atoms with van der Waals surface area (Å²) < 4.78 is 0. The van der Waals surface area contributed by atoms with Crippen LogP contribution in [0.1, 0.15) is 24.8 Å². The fraction of sp³-hybridized carbons (Fsp3) is 0.429. The molecule has 1 fully saturated rings. The van der Waals surface area contributed by atoms with E-state index >= 15 is 0 Å². The first-order chi connectivity index (χ1) is 10.2. The summed E-state index contributed by atoms with van der Waals surface area (Å²) >= 11 is 1.69. The van der Waals surface area contributed by atoms with E-state index in [1.165, 1.54) is 31.4 Å². The van der Waals surface area contributed by atoms with Crippen LogP contribution in [0.3, 0.4) is 0 Å². The summed E-state index contributed by atoms with van der Waals surface area (Å²) in [6.45, 7) is 2.13. The van der Waals surface area contributed by atoms with Crippen LogP contribution in [0.4, 0.5) is 5.69 Å². The predicted molar refractivity (Wildman–Crippen MR) is 95.3 cm³/mol. The van der Waals surface area contributed by atoms with Gasteiger partial charge in [0.05, 0.1) is 10.6 Å². The zero-order valence-corrected chi connectivity index (χ0v) is 14.5. The van der Waals surface area contributed by atoms with Crippen molar-refractivity contribution in [1.29, 1.82) is 0 Å². The number of nitro groups is 1. The molecule has 0 N–H and O–H groups in total. The lowest BCUT2D eigenvalue weighted by molar-refractivity contribution is -0.384. The zero-order valence-electron chi connectivity index (χ0n) is 12.0. The van der Waals surface area contributed by atoms with Gasteiger partial charge in [-0.3, -0.25) is 10.1 Å². The number of likely N-dealkylation sites (tertiary alicyclic amines) is 1. The molecule has 2 aliphatic heterocycles. The number of piperidine rings is 1. The number of non-ortho nitro benzene ring substituents is 1. The molecule has 0 aromatic heterocycles. The Kier molecular flexibility index (Phi) is 5.96. The van der Waals surface area contributed by atoms with Crippen molar-refractivity contribution in [3.05, 3.63) is 39.9 Å². The van der Waals surface area contributed by atoms with Gasteiger partial charge in [-0.15, -0.1) is 22.1 Å². The second-order valence-corrected chi connectivity index (χ2v) is 6.01. The minimum atomic E-state index is -0.395. The first-order valence-electron chi connectivity index (χ1n) is 7.01. The smallest absolute Gasteiger partial charge is 0.269 e. The highest BCUT2D eigenvalue weighted by Crippen LogP contribution is 2.22. The molecule has 0 radical (unpaired) electrons. The fourth-order valence-corrected chi connectivity index (χ4v) is 3.40. The molecule has 1 aromatic rings. The summed E-state index contributed by atoms with van der Waals surface area (Å²) in [5, 5.41) is 20.3. The van der Waals surface area contributed by atoms with Crippen molar-refractivity contribution in [3.63, 3.8) is 0 Å². The van der Waals surface area contributed by atoms with Gasteiger partial charge in [0.25, 0.3) is 5.69 Å². The maximum absolute atomic E-state index is 10.7. The van der Waals surface area contributed by atoms with E-state index in [0.29, 0.717) is 0 Å². The molecule has 0 atom stereocenters. The van der Waals surface area contributed by atoms with Crippen molar-refractivity contribution in [2.24, 2.45) is 10.2 Å². The molecule has 0 amide bonds. The number of hydrogen-bond donors (Lipinski definition) is 0. The van der Waals surface area contributed by atoms with Crippen LogP contribution < -0.4 is 0 Å². The highest BCUT2D eigenvalue weighted by atomic mass is 79.9. The molecular weight excluding hydrogens is 368 g/mol. The molecule has 1 saturated heterocycles. The predicted octanol–water partition coefficient (Wildman–Crippen LogP) is 3.47. The second kappa shape index (κ2) is 7.73. The lowest BCUT2D eigenvalue weighted by Gasteiger charge is -2.29. The van der Waals surface area contributed by atoms with Crippen molar-refractivity contribution >= 4 is 45.3 Å². The molecule has 8 heteroatoms. The van der Waals surface area contributed by atoms with Crippen molar-refractivity contribution in [3.8, 4) is 0 Å². The van der Waals surface area contributed by atoms with Gasteiger partial charge in [0.15, 0.2) is 5.17 Å². The van der Waals surface area contributed by atoms with Gasteiger partial charge < -0.3 is 4.90 Å². The molecule has 3 rings (SSSR count). The van der Waals surface area contributed by atoms with E-state index in [4.69, 9.17) is 0 Å². The molecule has 1 aromatic carbocycles. The normalized spacial score (nSPS) is 18.1. The maximum atomic E-state index is 10.7. The number of benzene rings is 1. The minimum Gasteiger partial charge on any atom is -0.350 e. The van der Waals surface area contributed by atoms with E-state index in [1.54, 1.807) is 23.9 Å². The topological polar surface area (TPSA) is 71.1 Å². The van der Waals surface area contributed by atoms with Gasteiger partial charge >= 0.3 is 0 Å². The van der Waals surface area contributed by atoms with Crippen LogP contribution in [0, 0.1) is 10.1 Å². The number of rotatable bonds is 2. The summed E-state index contributed by atoms with van der Waals surface area (Å²) in [6, 6.07) is 6.48. The van der Waals surface area contributed by atoms with E-state index in [2.05, 4.69) is 15.1 Å². The highest BCUT2D eigenvalue weighted by Gasteiger charge is 2.20. The molecule has 0 aliphatic carbocycles.